The van der Waals surface area contributed by atoms with Crippen LogP contribution in [-0.2, 0) is 0 Å². The molecule has 0 bridgehead atoms. The number of hydrogen-bond acceptors (Lipinski definition) is 4. The average Bonchev–Trinajstić information content (AvgIpc) is 2.81. The van der Waals surface area contributed by atoms with Crippen molar-refractivity contribution >= 4 is 39.5 Å². The van der Waals surface area contributed by atoms with Gasteiger partial charge in [0.2, 0.25) is 5.95 Å². The topological polar surface area (TPSA) is 32.3 Å². The number of hydrogen-bond donors (Lipinski definition) is 0. The van der Waals surface area contributed by atoms with E-state index in [0.717, 1.165) is 60.1 Å². The van der Waals surface area contributed by atoms with Crippen molar-refractivity contribution in [3.63, 3.8) is 0 Å². The number of anilines is 3. The highest BCUT2D eigenvalue weighted by molar-refractivity contribution is 9.10. The van der Waals surface area contributed by atoms with Crippen LogP contribution in [0.5, 0.6) is 0 Å². The maximum absolute atomic E-state index is 5.01. The Bertz CT molecular complexity index is 1110. The molecule has 0 saturated carbocycles. The molecule has 33 heavy (non-hydrogen) atoms. The monoisotopic (exact) mass is 504 g/mol. The van der Waals surface area contributed by atoms with Crippen LogP contribution in [0.2, 0.25) is 0 Å². The zero-order chi connectivity index (χ0) is 23.4. The molecule has 1 aromatic heterocycles. The van der Waals surface area contributed by atoms with Crippen molar-refractivity contribution in [2.45, 2.75) is 46.5 Å². The zero-order valence-corrected chi connectivity index (χ0v) is 21.6. The summed E-state index contributed by atoms with van der Waals surface area (Å²) in [5.41, 5.74) is 6.21. The third-order valence-corrected chi connectivity index (χ3v) is 6.85. The summed E-state index contributed by atoms with van der Waals surface area (Å²) in [6.07, 6.45) is 4.46. The van der Waals surface area contributed by atoms with Crippen molar-refractivity contribution in [2.24, 2.45) is 0 Å². The van der Waals surface area contributed by atoms with Gasteiger partial charge in [-0.3, -0.25) is 0 Å². The zero-order valence-electron chi connectivity index (χ0n) is 20.1. The van der Waals surface area contributed by atoms with E-state index in [-0.39, 0.29) is 0 Å². The van der Waals surface area contributed by atoms with Gasteiger partial charge in [0.1, 0.15) is 5.82 Å². The van der Waals surface area contributed by atoms with E-state index in [4.69, 9.17) is 9.97 Å². The second kappa shape index (κ2) is 10.5. The first kappa shape index (κ1) is 23.5. The molecule has 3 aromatic rings. The summed E-state index contributed by atoms with van der Waals surface area (Å²) in [5.74, 6) is 2.27. The van der Waals surface area contributed by atoms with Crippen LogP contribution >= 0.6 is 15.9 Å². The van der Waals surface area contributed by atoms with Gasteiger partial charge in [0.15, 0.2) is 0 Å². The minimum Gasteiger partial charge on any atom is -0.356 e. The van der Waals surface area contributed by atoms with Crippen LogP contribution in [0, 0.1) is 6.92 Å². The molecule has 0 radical (unpaired) electrons. The molecule has 5 heteroatoms. The first-order chi connectivity index (χ1) is 15.9. The molecular weight excluding hydrogens is 472 g/mol. The van der Waals surface area contributed by atoms with E-state index >= 15 is 0 Å². The van der Waals surface area contributed by atoms with E-state index in [9.17, 15) is 0 Å². The van der Waals surface area contributed by atoms with Crippen molar-refractivity contribution in [1.29, 1.82) is 0 Å². The minimum absolute atomic E-state index is 0.493. The smallest absolute Gasteiger partial charge is 0.232 e. The van der Waals surface area contributed by atoms with E-state index in [0.29, 0.717) is 5.92 Å². The first-order valence-electron chi connectivity index (χ1n) is 11.9. The third-order valence-electron chi connectivity index (χ3n) is 6.22. The normalized spacial score (nSPS) is 14.0. The predicted octanol–water partition coefficient (Wildman–Crippen LogP) is 7.51. The highest BCUT2D eigenvalue weighted by Crippen LogP contribution is 2.34. The van der Waals surface area contributed by atoms with Gasteiger partial charge in [-0.2, -0.15) is 4.98 Å². The van der Waals surface area contributed by atoms with Crippen molar-refractivity contribution in [1.82, 2.24) is 9.97 Å². The lowest BCUT2D eigenvalue weighted by Crippen LogP contribution is -2.32. The van der Waals surface area contributed by atoms with Crippen molar-refractivity contribution < 1.29 is 0 Å². The van der Waals surface area contributed by atoms with Gasteiger partial charge in [-0.25, -0.2) is 4.98 Å². The molecule has 0 amide bonds. The number of halogens is 1. The molecule has 2 aromatic carbocycles. The van der Waals surface area contributed by atoms with Gasteiger partial charge in [0.25, 0.3) is 0 Å². The van der Waals surface area contributed by atoms with E-state index < -0.39 is 0 Å². The van der Waals surface area contributed by atoms with E-state index in [2.05, 4.69) is 114 Å². The van der Waals surface area contributed by atoms with Gasteiger partial charge >= 0.3 is 0 Å². The lowest BCUT2D eigenvalue weighted by atomic mass is 10.0. The Balaban J connectivity index is 1.55. The van der Waals surface area contributed by atoms with Crippen molar-refractivity contribution in [3.8, 4) is 0 Å². The fourth-order valence-electron chi connectivity index (χ4n) is 4.29. The summed E-state index contributed by atoms with van der Waals surface area (Å²) in [4.78, 5) is 14.4. The molecule has 0 atom stereocenters. The Hall–Kier alpha value is -2.66. The molecule has 1 fully saturated rings. The fraction of sp³-hybridized carbons (Fsp3) is 0.357. The summed E-state index contributed by atoms with van der Waals surface area (Å²) in [6, 6.07) is 19.3. The van der Waals surface area contributed by atoms with Crippen LogP contribution in [0.15, 0.2) is 64.6 Å². The summed E-state index contributed by atoms with van der Waals surface area (Å²) < 4.78 is 1.08. The molecule has 2 heterocycles. The largest absolute Gasteiger partial charge is 0.356 e. The van der Waals surface area contributed by atoms with E-state index in [1.165, 1.54) is 16.7 Å². The number of aromatic nitrogens is 2. The first-order valence-corrected chi connectivity index (χ1v) is 12.7. The van der Waals surface area contributed by atoms with Gasteiger partial charge in [-0.1, -0.05) is 61.9 Å². The van der Waals surface area contributed by atoms with Crippen molar-refractivity contribution in [3.05, 3.63) is 81.5 Å². The van der Waals surface area contributed by atoms with Gasteiger partial charge in [0.05, 0.1) is 5.69 Å². The highest BCUT2D eigenvalue weighted by atomic mass is 79.9. The Kier molecular flexibility index (Phi) is 7.49. The minimum atomic E-state index is 0.493. The van der Waals surface area contributed by atoms with E-state index in [1.807, 2.05) is 0 Å². The fourth-order valence-corrected chi connectivity index (χ4v) is 4.90. The van der Waals surface area contributed by atoms with Gasteiger partial charge in [0, 0.05) is 35.9 Å². The number of rotatable bonds is 6. The van der Waals surface area contributed by atoms with Gasteiger partial charge in [-0.15, -0.1) is 0 Å². The van der Waals surface area contributed by atoms with Crippen LogP contribution in [0.3, 0.4) is 0 Å². The highest BCUT2D eigenvalue weighted by Gasteiger charge is 2.20. The van der Waals surface area contributed by atoms with Gasteiger partial charge < -0.3 is 9.80 Å². The molecule has 1 aliphatic rings. The number of piperidine rings is 1. The molecule has 1 saturated heterocycles. The molecule has 0 aliphatic carbocycles. The van der Waals surface area contributed by atoms with Crippen LogP contribution in [0.4, 0.5) is 17.5 Å². The Labute approximate surface area is 206 Å². The summed E-state index contributed by atoms with van der Waals surface area (Å²) in [7, 11) is 0. The quantitative estimate of drug-likeness (QED) is 0.347. The van der Waals surface area contributed by atoms with E-state index in [1.54, 1.807) is 0 Å². The van der Waals surface area contributed by atoms with Crippen LogP contribution in [0.25, 0.3) is 6.08 Å². The van der Waals surface area contributed by atoms with Crippen LogP contribution < -0.4 is 9.80 Å². The lowest BCUT2D eigenvalue weighted by Gasteiger charge is -2.31. The van der Waals surface area contributed by atoms with Crippen LogP contribution in [-0.4, -0.2) is 29.6 Å². The maximum Gasteiger partial charge on any atom is 0.232 e. The second-order valence-electron chi connectivity index (χ2n) is 8.98. The Morgan fingerprint density at radius 2 is 1.76 bits per heavy atom. The van der Waals surface area contributed by atoms with Crippen LogP contribution in [0.1, 0.15) is 56.4 Å². The molecule has 1 aliphatic heterocycles. The molecule has 172 valence electrons. The number of nitrogens with zero attached hydrogens (tertiary/aromatic N) is 4. The number of benzene rings is 2. The maximum atomic E-state index is 5.01. The molecule has 0 unspecified atom stereocenters. The lowest BCUT2D eigenvalue weighted by molar-refractivity contribution is 0.679. The molecule has 4 nitrogen and oxygen atoms in total. The molecular formula is C28H33BrN4. The van der Waals surface area contributed by atoms with Gasteiger partial charge in [-0.05, 0) is 71.8 Å². The summed E-state index contributed by atoms with van der Waals surface area (Å²) >= 11 is 3.79. The standard InChI is InChI=1S/C28H33BrN4/c1-5-33(26-12-11-24(20(2)3)19-25(26)29)28-30-21(4)17-27(31-28)32-15-13-23(14-16-32)18-22-9-7-6-8-10-22/h6-12,17-20H,5,13-16H2,1-4H3. The Morgan fingerprint density at radius 3 is 2.39 bits per heavy atom. The molecule has 4 rings (SSSR count). The summed E-state index contributed by atoms with van der Waals surface area (Å²) in [5, 5.41) is 0. The molecule has 0 spiro atoms. The average molecular weight is 506 g/mol. The second-order valence-corrected chi connectivity index (χ2v) is 9.83. The number of aryl methyl sites for hydroxylation is 1. The predicted molar refractivity (Wildman–Crippen MR) is 144 cm³/mol. The molecule has 0 N–H and O–H groups in total. The summed E-state index contributed by atoms with van der Waals surface area (Å²) in [6.45, 7) is 11.4. The third kappa shape index (κ3) is 5.64. The SMILES string of the molecule is CCN(c1nc(C)cc(N2CCC(=Cc3ccccc3)CC2)n1)c1ccc(C(C)C)cc1Br. The van der Waals surface area contributed by atoms with Crippen molar-refractivity contribution in [2.75, 3.05) is 29.4 Å². The Morgan fingerprint density at radius 1 is 1.03 bits per heavy atom.